The van der Waals surface area contributed by atoms with Gasteiger partial charge in [0.25, 0.3) is 0 Å². The molecular formula is C18H23Cl2F6N3O2. The molecule has 5 nitrogen and oxygen atoms in total. The lowest BCUT2D eigenvalue weighted by Crippen LogP contribution is -2.50. The van der Waals surface area contributed by atoms with E-state index in [1.165, 1.54) is 23.5 Å². The van der Waals surface area contributed by atoms with Crippen molar-refractivity contribution in [2.24, 2.45) is 0 Å². The highest BCUT2D eigenvalue weighted by atomic mass is 35.5. The van der Waals surface area contributed by atoms with E-state index in [9.17, 15) is 35.9 Å². The summed E-state index contributed by atoms with van der Waals surface area (Å²) in [5, 5.41) is 1.49. The smallest absolute Gasteiger partial charge is 0.339 e. The Kier molecular flexibility index (Phi) is 11.1. The van der Waals surface area contributed by atoms with Crippen molar-refractivity contribution < 1.29 is 35.9 Å². The van der Waals surface area contributed by atoms with Crippen LogP contribution in [0, 0.1) is 0 Å². The molecule has 0 saturated carbocycles. The zero-order valence-corrected chi connectivity index (χ0v) is 18.1. The van der Waals surface area contributed by atoms with E-state index in [1.807, 2.05) is 11.9 Å². The first-order valence-electron chi connectivity index (χ1n) is 8.87. The normalized spacial score (nSPS) is 15.5. The van der Waals surface area contributed by atoms with Gasteiger partial charge in [0, 0.05) is 12.6 Å². The van der Waals surface area contributed by atoms with Gasteiger partial charge < -0.3 is 15.1 Å². The molecule has 0 radical (unpaired) electrons. The molecule has 0 unspecified atom stereocenters. The largest absolute Gasteiger partial charge is 0.471 e. The Morgan fingerprint density at radius 3 is 2.13 bits per heavy atom. The van der Waals surface area contributed by atoms with E-state index >= 15 is 0 Å². The Labute approximate surface area is 187 Å². The summed E-state index contributed by atoms with van der Waals surface area (Å²) < 4.78 is 76.9. The Morgan fingerprint density at radius 1 is 1.06 bits per heavy atom. The number of piperidine rings is 1. The van der Waals surface area contributed by atoms with Gasteiger partial charge in [0.15, 0.2) is 0 Å². The zero-order chi connectivity index (χ0) is 21.8. The molecule has 1 aliphatic rings. The summed E-state index contributed by atoms with van der Waals surface area (Å²) in [4.78, 5) is 26.7. The molecule has 178 valence electrons. The molecule has 2 amide bonds. The molecule has 0 atom stereocenters. The fourth-order valence-corrected chi connectivity index (χ4v) is 3.20. The number of alkyl halides is 6. The maximum Gasteiger partial charge on any atom is 0.471 e. The Hall–Kier alpha value is -1.72. The highest BCUT2D eigenvalue weighted by Gasteiger charge is 2.39. The van der Waals surface area contributed by atoms with Crippen LogP contribution in [0.1, 0.15) is 24.0 Å². The second-order valence-electron chi connectivity index (χ2n) is 6.89. The van der Waals surface area contributed by atoms with Crippen LogP contribution in [0.3, 0.4) is 0 Å². The molecule has 0 bridgehead atoms. The number of halogens is 8. The number of benzene rings is 1. The van der Waals surface area contributed by atoms with Crippen LogP contribution in [-0.2, 0) is 22.3 Å². The molecule has 2 rings (SSSR count). The van der Waals surface area contributed by atoms with Gasteiger partial charge in [-0.3, -0.25) is 9.59 Å². The van der Waals surface area contributed by atoms with Gasteiger partial charge in [-0.15, -0.1) is 24.8 Å². The van der Waals surface area contributed by atoms with Gasteiger partial charge in [0.2, 0.25) is 5.91 Å². The summed E-state index contributed by atoms with van der Waals surface area (Å²) in [5.74, 6) is -3.14. The third-order valence-corrected chi connectivity index (χ3v) is 4.77. The van der Waals surface area contributed by atoms with Crippen LogP contribution in [0.15, 0.2) is 24.3 Å². The Bertz CT molecular complexity index is 738. The minimum absolute atomic E-state index is 0. The zero-order valence-electron chi connectivity index (χ0n) is 16.4. The molecule has 0 aliphatic carbocycles. The van der Waals surface area contributed by atoms with Gasteiger partial charge in [-0.05, 0) is 44.6 Å². The highest BCUT2D eigenvalue weighted by molar-refractivity contribution is 5.87. The number of amides is 2. The average Bonchev–Trinajstić information content (AvgIpc) is 2.63. The van der Waals surface area contributed by atoms with Crippen molar-refractivity contribution in [2.45, 2.75) is 37.8 Å². The fourth-order valence-electron chi connectivity index (χ4n) is 3.20. The third-order valence-electron chi connectivity index (χ3n) is 4.77. The van der Waals surface area contributed by atoms with Crippen LogP contribution in [0.5, 0.6) is 0 Å². The van der Waals surface area contributed by atoms with Crippen molar-refractivity contribution in [3.05, 3.63) is 35.4 Å². The van der Waals surface area contributed by atoms with Crippen molar-refractivity contribution in [3.63, 3.8) is 0 Å². The number of carbonyl (C=O) groups is 2. The maximum atomic E-state index is 13.3. The third kappa shape index (κ3) is 8.38. The number of hydrogen-bond acceptors (Lipinski definition) is 3. The van der Waals surface area contributed by atoms with Gasteiger partial charge in [0.1, 0.15) is 0 Å². The lowest BCUT2D eigenvalue weighted by Gasteiger charge is -2.38. The molecule has 31 heavy (non-hydrogen) atoms. The second kappa shape index (κ2) is 11.8. The summed E-state index contributed by atoms with van der Waals surface area (Å²) in [7, 11) is 1.85. The Balaban J connectivity index is 0.00000450. The van der Waals surface area contributed by atoms with E-state index < -0.39 is 48.9 Å². The Morgan fingerprint density at radius 2 is 1.61 bits per heavy atom. The number of likely N-dealkylation sites (tertiary alicyclic amines) is 1. The van der Waals surface area contributed by atoms with Crippen molar-refractivity contribution in [1.29, 1.82) is 0 Å². The number of hydrogen-bond donors (Lipinski definition) is 1. The molecule has 13 heteroatoms. The molecule has 1 N–H and O–H groups in total. The molecule has 0 aromatic heterocycles. The molecule has 1 fully saturated rings. The van der Waals surface area contributed by atoms with Gasteiger partial charge in [-0.25, -0.2) is 0 Å². The minimum atomic E-state index is -5.15. The monoisotopic (exact) mass is 497 g/mol. The first kappa shape index (κ1) is 29.3. The van der Waals surface area contributed by atoms with Crippen LogP contribution in [-0.4, -0.2) is 60.5 Å². The van der Waals surface area contributed by atoms with Crippen molar-refractivity contribution in [2.75, 3.05) is 26.7 Å². The lowest BCUT2D eigenvalue weighted by atomic mass is 10.0. The van der Waals surface area contributed by atoms with Crippen molar-refractivity contribution >= 4 is 36.6 Å². The van der Waals surface area contributed by atoms with Crippen molar-refractivity contribution in [1.82, 2.24) is 15.1 Å². The van der Waals surface area contributed by atoms with Crippen molar-refractivity contribution in [3.8, 4) is 0 Å². The van der Waals surface area contributed by atoms with E-state index in [0.29, 0.717) is 25.9 Å². The fraction of sp³-hybridized carbons (Fsp3) is 0.556. The van der Waals surface area contributed by atoms with Crippen LogP contribution >= 0.6 is 24.8 Å². The van der Waals surface area contributed by atoms with Crippen LogP contribution < -0.4 is 5.32 Å². The summed E-state index contributed by atoms with van der Waals surface area (Å²) in [6.45, 7) is -0.182. The van der Waals surface area contributed by atoms with Gasteiger partial charge in [0.05, 0.1) is 12.1 Å². The molecular weight excluding hydrogens is 475 g/mol. The summed E-state index contributed by atoms with van der Waals surface area (Å²) >= 11 is 0. The van der Waals surface area contributed by atoms with Gasteiger partial charge >= 0.3 is 18.3 Å². The molecule has 1 aliphatic heterocycles. The minimum Gasteiger partial charge on any atom is -0.339 e. The quantitative estimate of drug-likeness (QED) is 0.631. The van der Waals surface area contributed by atoms with E-state index in [-0.39, 0.29) is 30.4 Å². The number of rotatable bonds is 5. The SMILES string of the molecule is CN1CCC(N(Cc2ccccc2C(F)(F)F)C(=O)CNC(=O)C(F)(F)F)CC1.Cl.Cl. The van der Waals surface area contributed by atoms with E-state index in [0.717, 1.165) is 11.0 Å². The van der Waals surface area contributed by atoms with E-state index in [2.05, 4.69) is 0 Å². The molecule has 1 saturated heterocycles. The number of carbonyl (C=O) groups excluding carboxylic acids is 2. The number of nitrogens with zero attached hydrogens (tertiary/aromatic N) is 2. The van der Waals surface area contributed by atoms with Gasteiger partial charge in [-0.2, -0.15) is 26.3 Å². The highest BCUT2D eigenvalue weighted by Crippen LogP contribution is 2.33. The van der Waals surface area contributed by atoms with E-state index in [1.54, 1.807) is 0 Å². The molecule has 0 spiro atoms. The summed E-state index contributed by atoms with van der Waals surface area (Å²) in [6.07, 6.45) is -8.86. The molecule has 1 heterocycles. The molecule has 1 aromatic rings. The average molecular weight is 498 g/mol. The second-order valence-corrected chi connectivity index (χ2v) is 6.89. The predicted molar refractivity (Wildman–Crippen MR) is 106 cm³/mol. The first-order valence-corrected chi connectivity index (χ1v) is 8.87. The lowest BCUT2D eigenvalue weighted by molar-refractivity contribution is -0.174. The summed E-state index contributed by atoms with van der Waals surface area (Å²) in [5.41, 5.74) is -1.07. The molecule has 1 aromatic carbocycles. The van der Waals surface area contributed by atoms with E-state index in [4.69, 9.17) is 0 Å². The predicted octanol–water partition coefficient (Wildman–Crippen LogP) is 3.65. The summed E-state index contributed by atoms with van der Waals surface area (Å²) in [6, 6.07) is 4.29. The van der Waals surface area contributed by atoms with Crippen LogP contribution in [0.4, 0.5) is 26.3 Å². The van der Waals surface area contributed by atoms with Gasteiger partial charge in [-0.1, -0.05) is 18.2 Å². The standard InChI is InChI=1S/C18H21F6N3O2.2ClH/c1-26-8-6-13(7-9-26)27(15(28)10-25-16(29)18(22,23)24)11-12-4-2-3-5-14(12)17(19,20)21;;/h2-5,13H,6-11H2,1H3,(H,25,29);2*1H. The first-order chi connectivity index (χ1) is 13.4. The topological polar surface area (TPSA) is 52.6 Å². The van der Waals surface area contributed by atoms with Crippen LogP contribution in [0.2, 0.25) is 0 Å². The maximum absolute atomic E-state index is 13.3. The number of nitrogens with one attached hydrogen (secondary N) is 1. The van der Waals surface area contributed by atoms with Crippen LogP contribution in [0.25, 0.3) is 0 Å².